The molecule has 1 amide bonds. The van der Waals surface area contributed by atoms with Gasteiger partial charge in [-0.15, -0.1) is 0 Å². The van der Waals surface area contributed by atoms with Crippen LogP contribution in [0.1, 0.15) is 42.8 Å². The first-order valence-electron chi connectivity index (χ1n) is 8.28. The summed E-state index contributed by atoms with van der Waals surface area (Å²) in [5, 5.41) is 7.32. The van der Waals surface area contributed by atoms with Gasteiger partial charge in [0.2, 0.25) is 0 Å². The highest BCUT2D eigenvalue weighted by molar-refractivity contribution is 5.99. The zero-order valence-corrected chi connectivity index (χ0v) is 13.7. The first-order chi connectivity index (χ1) is 11.1. The van der Waals surface area contributed by atoms with Gasteiger partial charge in [-0.05, 0) is 39.3 Å². The second-order valence-corrected chi connectivity index (χ2v) is 6.28. The third-order valence-electron chi connectivity index (χ3n) is 4.10. The maximum atomic E-state index is 12.7. The number of carbonyl (C=O) groups is 1. The van der Waals surface area contributed by atoms with E-state index in [9.17, 15) is 4.79 Å². The molecule has 3 rings (SSSR count). The summed E-state index contributed by atoms with van der Waals surface area (Å²) in [6.45, 7) is 6.17. The molecule has 0 bridgehead atoms. The molecular weight excluding hydrogens is 292 g/mol. The number of rotatable bonds is 5. The fourth-order valence-electron chi connectivity index (χ4n) is 2.90. The van der Waals surface area contributed by atoms with Crippen molar-refractivity contribution in [3.05, 3.63) is 35.6 Å². The van der Waals surface area contributed by atoms with Crippen molar-refractivity contribution in [1.29, 1.82) is 0 Å². The van der Waals surface area contributed by atoms with Crippen molar-refractivity contribution in [2.24, 2.45) is 0 Å². The number of hydrogen-bond acceptors (Lipinski definition) is 4. The Kier molecular flexibility index (Phi) is 4.98. The monoisotopic (exact) mass is 316 g/mol. The van der Waals surface area contributed by atoms with Crippen molar-refractivity contribution in [2.75, 3.05) is 13.1 Å². The summed E-state index contributed by atoms with van der Waals surface area (Å²) in [4.78, 5) is 12.7. The van der Waals surface area contributed by atoms with E-state index in [0.717, 1.165) is 42.5 Å². The lowest BCUT2D eigenvalue weighted by atomic mass is 10.1. The molecule has 1 aromatic carbocycles. The minimum Gasteiger partial charge on any atom is -0.451 e. The van der Waals surface area contributed by atoms with Gasteiger partial charge in [0, 0.05) is 23.5 Å². The third kappa shape index (κ3) is 3.74. The van der Waals surface area contributed by atoms with Gasteiger partial charge in [-0.3, -0.25) is 4.79 Å². The van der Waals surface area contributed by atoms with Gasteiger partial charge in [0.25, 0.3) is 5.91 Å². The zero-order chi connectivity index (χ0) is 16.2. The van der Waals surface area contributed by atoms with Gasteiger partial charge in [0.1, 0.15) is 5.58 Å². The van der Waals surface area contributed by atoms with Gasteiger partial charge in [0.05, 0.1) is 12.7 Å². The normalized spacial score (nSPS) is 18.5. The average Bonchev–Trinajstić information content (AvgIpc) is 2.92. The second kappa shape index (κ2) is 7.15. The van der Waals surface area contributed by atoms with E-state index in [4.69, 9.17) is 9.15 Å². The molecule has 5 heteroatoms. The van der Waals surface area contributed by atoms with Crippen molar-refractivity contribution in [3.8, 4) is 0 Å². The predicted molar refractivity (Wildman–Crippen MR) is 89.5 cm³/mol. The largest absolute Gasteiger partial charge is 0.451 e. The molecule has 1 aliphatic heterocycles. The first-order valence-corrected chi connectivity index (χ1v) is 8.28. The number of ether oxygens (including phenoxy) is 1. The number of para-hydroxylation sites is 1. The number of nitrogens with one attached hydrogen (secondary N) is 2. The molecule has 1 aromatic heterocycles. The molecule has 1 saturated heterocycles. The molecule has 2 N–H and O–H groups in total. The van der Waals surface area contributed by atoms with Crippen LogP contribution >= 0.6 is 0 Å². The van der Waals surface area contributed by atoms with Gasteiger partial charge in [0.15, 0.2) is 5.76 Å². The van der Waals surface area contributed by atoms with Crippen molar-refractivity contribution >= 4 is 16.9 Å². The summed E-state index contributed by atoms with van der Waals surface area (Å²) in [6.07, 6.45) is 2.17. The summed E-state index contributed by atoms with van der Waals surface area (Å²) in [5.41, 5.74) is 1.55. The fraction of sp³-hybridized carbons (Fsp3) is 0.500. The van der Waals surface area contributed by atoms with Crippen LogP contribution in [-0.2, 0) is 11.3 Å². The number of hydrogen-bond donors (Lipinski definition) is 2. The van der Waals surface area contributed by atoms with Crippen LogP contribution in [0.15, 0.2) is 28.7 Å². The summed E-state index contributed by atoms with van der Waals surface area (Å²) in [6, 6.07) is 7.86. The summed E-state index contributed by atoms with van der Waals surface area (Å²) < 4.78 is 11.5. The summed E-state index contributed by atoms with van der Waals surface area (Å²) in [5.74, 6) is 0.217. The van der Waals surface area contributed by atoms with Crippen LogP contribution in [0.3, 0.4) is 0 Å². The van der Waals surface area contributed by atoms with Gasteiger partial charge in [-0.25, -0.2) is 0 Å². The quantitative estimate of drug-likeness (QED) is 0.890. The topological polar surface area (TPSA) is 63.5 Å². The number of amides is 1. The molecule has 0 spiro atoms. The minimum absolute atomic E-state index is 0.0992. The number of fused-ring (bicyclic) bond motifs is 1. The molecule has 0 saturated carbocycles. The molecule has 0 radical (unpaired) electrons. The van der Waals surface area contributed by atoms with E-state index in [-0.39, 0.29) is 18.1 Å². The average molecular weight is 316 g/mol. The van der Waals surface area contributed by atoms with E-state index in [2.05, 4.69) is 10.6 Å². The summed E-state index contributed by atoms with van der Waals surface area (Å²) in [7, 11) is 0. The smallest absolute Gasteiger partial charge is 0.287 e. The van der Waals surface area contributed by atoms with Crippen molar-refractivity contribution < 1.29 is 13.9 Å². The number of furan rings is 1. The molecule has 1 aliphatic rings. The Morgan fingerprint density at radius 1 is 1.43 bits per heavy atom. The Bertz CT molecular complexity index is 672. The third-order valence-corrected chi connectivity index (χ3v) is 4.10. The lowest BCUT2D eigenvalue weighted by molar-refractivity contribution is 0.0642. The van der Waals surface area contributed by atoms with Crippen LogP contribution in [0, 0.1) is 0 Å². The highest BCUT2D eigenvalue weighted by atomic mass is 16.5. The van der Waals surface area contributed by atoms with E-state index in [0.29, 0.717) is 12.4 Å². The minimum atomic E-state index is -0.155. The lowest BCUT2D eigenvalue weighted by Gasteiger charge is -2.23. The van der Waals surface area contributed by atoms with E-state index in [1.54, 1.807) is 0 Å². The Morgan fingerprint density at radius 3 is 3.00 bits per heavy atom. The molecule has 124 valence electrons. The van der Waals surface area contributed by atoms with Crippen LogP contribution in [0.25, 0.3) is 11.0 Å². The molecule has 0 aliphatic carbocycles. The maximum absolute atomic E-state index is 12.7. The first kappa shape index (κ1) is 16.0. The Balaban J connectivity index is 1.85. The highest BCUT2D eigenvalue weighted by Gasteiger charge is 2.23. The van der Waals surface area contributed by atoms with E-state index in [1.165, 1.54) is 0 Å². The standard InChI is InChI=1S/C18H24N2O3/c1-12(2)22-11-15-14-7-3-4-8-16(14)23-17(15)18(21)20-13-6-5-9-19-10-13/h3-4,7-8,12-13,19H,5-6,9-11H2,1-2H3,(H,20,21)/t13-/m0/s1. The molecule has 1 fully saturated rings. The molecule has 23 heavy (non-hydrogen) atoms. The van der Waals surface area contributed by atoms with Crippen LogP contribution in [0.2, 0.25) is 0 Å². The van der Waals surface area contributed by atoms with Gasteiger partial charge >= 0.3 is 0 Å². The number of carbonyl (C=O) groups excluding carboxylic acids is 1. The maximum Gasteiger partial charge on any atom is 0.287 e. The van der Waals surface area contributed by atoms with Gasteiger partial charge in [-0.1, -0.05) is 18.2 Å². The van der Waals surface area contributed by atoms with Crippen LogP contribution in [0.5, 0.6) is 0 Å². The van der Waals surface area contributed by atoms with Crippen molar-refractivity contribution in [3.63, 3.8) is 0 Å². The van der Waals surface area contributed by atoms with Crippen LogP contribution < -0.4 is 10.6 Å². The van der Waals surface area contributed by atoms with E-state index >= 15 is 0 Å². The van der Waals surface area contributed by atoms with Crippen LogP contribution in [-0.4, -0.2) is 31.1 Å². The zero-order valence-electron chi connectivity index (χ0n) is 13.7. The SMILES string of the molecule is CC(C)OCc1c(C(=O)N[C@H]2CCCNC2)oc2ccccc12. The van der Waals surface area contributed by atoms with E-state index < -0.39 is 0 Å². The van der Waals surface area contributed by atoms with Crippen molar-refractivity contribution in [1.82, 2.24) is 10.6 Å². The molecule has 5 nitrogen and oxygen atoms in total. The Labute approximate surface area is 136 Å². The second-order valence-electron chi connectivity index (χ2n) is 6.28. The molecule has 0 unspecified atom stereocenters. The molecule has 2 aromatic rings. The van der Waals surface area contributed by atoms with Crippen molar-refractivity contribution in [2.45, 2.75) is 45.4 Å². The highest BCUT2D eigenvalue weighted by Crippen LogP contribution is 2.27. The Morgan fingerprint density at radius 2 is 2.26 bits per heavy atom. The fourth-order valence-corrected chi connectivity index (χ4v) is 2.90. The lowest BCUT2D eigenvalue weighted by Crippen LogP contribution is -2.45. The van der Waals surface area contributed by atoms with E-state index in [1.807, 2.05) is 38.1 Å². The Hall–Kier alpha value is -1.85. The molecule has 2 heterocycles. The van der Waals surface area contributed by atoms with Gasteiger partial charge in [-0.2, -0.15) is 0 Å². The molecule has 1 atom stereocenters. The number of piperidine rings is 1. The summed E-state index contributed by atoms with van der Waals surface area (Å²) >= 11 is 0. The predicted octanol–water partition coefficient (Wildman–Crippen LogP) is 2.84. The van der Waals surface area contributed by atoms with Crippen LogP contribution in [0.4, 0.5) is 0 Å². The molecular formula is C18H24N2O3. The van der Waals surface area contributed by atoms with Gasteiger partial charge < -0.3 is 19.8 Å². The number of benzene rings is 1.